The molecule has 1 N–H and O–H groups in total. The standard InChI is InChI=1S/C23H20N4O3/c1-15-8-3-5-10-17(15)21-25-22(30-26-21)18-11-7-13-27(23(18)29)14-20(28)24-19-12-6-4-9-16(19)2/h3-13H,14H2,1-2H3,(H,24,28). The van der Waals surface area contributed by atoms with E-state index in [9.17, 15) is 9.59 Å². The van der Waals surface area contributed by atoms with Crippen LogP contribution in [0.1, 0.15) is 11.1 Å². The predicted molar refractivity (Wildman–Crippen MR) is 114 cm³/mol. The first-order valence-electron chi connectivity index (χ1n) is 9.48. The SMILES string of the molecule is Cc1ccccc1NC(=O)Cn1cccc(-c2nc(-c3ccccc3C)no2)c1=O. The van der Waals surface area contributed by atoms with Crippen LogP contribution in [0.2, 0.25) is 0 Å². The molecule has 0 radical (unpaired) electrons. The van der Waals surface area contributed by atoms with Crippen molar-refractivity contribution < 1.29 is 9.32 Å². The number of pyridine rings is 1. The summed E-state index contributed by atoms with van der Waals surface area (Å²) >= 11 is 0. The molecule has 0 saturated carbocycles. The summed E-state index contributed by atoms with van der Waals surface area (Å²) in [5, 5.41) is 6.83. The summed E-state index contributed by atoms with van der Waals surface area (Å²) in [6.07, 6.45) is 1.56. The van der Waals surface area contributed by atoms with Gasteiger partial charge in [0.15, 0.2) is 0 Å². The highest BCUT2D eigenvalue weighted by atomic mass is 16.5. The number of carbonyl (C=O) groups is 1. The number of nitrogens with zero attached hydrogens (tertiary/aromatic N) is 3. The molecule has 1 amide bonds. The molecule has 0 aliphatic carbocycles. The van der Waals surface area contributed by atoms with Gasteiger partial charge in [-0.15, -0.1) is 0 Å². The third-order valence-electron chi connectivity index (χ3n) is 4.80. The average Bonchev–Trinajstić information content (AvgIpc) is 3.21. The topological polar surface area (TPSA) is 90.0 Å². The number of aryl methyl sites for hydroxylation is 2. The lowest BCUT2D eigenvalue weighted by atomic mass is 10.1. The molecule has 4 rings (SSSR count). The van der Waals surface area contributed by atoms with Crippen LogP contribution >= 0.6 is 0 Å². The van der Waals surface area contributed by atoms with Gasteiger partial charge in [-0.25, -0.2) is 0 Å². The van der Waals surface area contributed by atoms with Gasteiger partial charge in [0.2, 0.25) is 11.7 Å². The fourth-order valence-corrected chi connectivity index (χ4v) is 3.15. The molecule has 2 aromatic carbocycles. The third kappa shape index (κ3) is 3.91. The number of nitrogens with one attached hydrogen (secondary N) is 1. The fourth-order valence-electron chi connectivity index (χ4n) is 3.15. The van der Waals surface area contributed by atoms with Crippen LogP contribution < -0.4 is 10.9 Å². The molecule has 150 valence electrons. The largest absolute Gasteiger partial charge is 0.333 e. The van der Waals surface area contributed by atoms with Crippen molar-refractivity contribution >= 4 is 11.6 Å². The number of carbonyl (C=O) groups excluding carboxylic acids is 1. The van der Waals surface area contributed by atoms with Crippen molar-refractivity contribution in [2.45, 2.75) is 20.4 Å². The summed E-state index contributed by atoms with van der Waals surface area (Å²) in [7, 11) is 0. The van der Waals surface area contributed by atoms with Crippen LogP contribution in [0.3, 0.4) is 0 Å². The lowest BCUT2D eigenvalue weighted by Gasteiger charge is -2.09. The van der Waals surface area contributed by atoms with Gasteiger partial charge in [0.05, 0.1) is 0 Å². The Morgan fingerprint density at radius 1 is 0.967 bits per heavy atom. The first-order valence-corrected chi connectivity index (χ1v) is 9.48. The van der Waals surface area contributed by atoms with E-state index in [1.807, 2.05) is 62.4 Å². The van der Waals surface area contributed by atoms with Gasteiger partial charge >= 0.3 is 0 Å². The Balaban J connectivity index is 1.58. The number of benzene rings is 2. The molecule has 7 nitrogen and oxygen atoms in total. The van der Waals surface area contributed by atoms with Crippen LogP contribution in [-0.2, 0) is 11.3 Å². The van der Waals surface area contributed by atoms with E-state index < -0.39 is 0 Å². The molecular formula is C23H20N4O3. The summed E-state index contributed by atoms with van der Waals surface area (Å²) in [6, 6.07) is 18.4. The van der Waals surface area contributed by atoms with E-state index in [0.717, 1.165) is 16.7 Å². The van der Waals surface area contributed by atoms with E-state index in [-0.39, 0.29) is 29.5 Å². The monoisotopic (exact) mass is 400 g/mol. The smallest absolute Gasteiger partial charge is 0.263 e. The van der Waals surface area contributed by atoms with Crippen LogP contribution in [-0.4, -0.2) is 20.6 Å². The van der Waals surface area contributed by atoms with E-state index >= 15 is 0 Å². The molecule has 2 aromatic heterocycles. The molecule has 0 fully saturated rings. The molecule has 4 aromatic rings. The molecule has 0 saturated heterocycles. The Morgan fingerprint density at radius 3 is 2.43 bits per heavy atom. The zero-order chi connectivity index (χ0) is 21.1. The van der Waals surface area contributed by atoms with Crippen molar-refractivity contribution in [3.63, 3.8) is 0 Å². The van der Waals surface area contributed by atoms with E-state index in [2.05, 4.69) is 15.5 Å². The van der Waals surface area contributed by atoms with Crippen LogP contribution in [0.5, 0.6) is 0 Å². The third-order valence-corrected chi connectivity index (χ3v) is 4.80. The highest BCUT2D eigenvalue weighted by Gasteiger charge is 2.16. The Kier molecular flexibility index (Phi) is 5.26. The van der Waals surface area contributed by atoms with Crippen molar-refractivity contribution in [2.24, 2.45) is 0 Å². The predicted octanol–water partition coefficient (Wildman–Crippen LogP) is 3.82. The van der Waals surface area contributed by atoms with Gasteiger partial charge in [-0.3, -0.25) is 9.59 Å². The van der Waals surface area contributed by atoms with E-state index in [1.54, 1.807) is 18.3 Å². The van der Waals surface area contributed by atoms with Gasteiger partial charge in [-0.05, 0) is 43.2 Å². The Labute approximate surface area is 173 Å². The Morgan fingerprint density at radius 2 is 1.67 bits per heavy atom. The molecule has 30 heavy (non-hydrogen) atoms. The maximum absolute atomic E-state index is 12.9. The van der Waals surface area contributed by atoms with Gasteiger partial charge in [-0.2, -0.15) is 4.98 Å². The number of hydrogen-bond donors (Lipinski definition) is 1. The van der Waals surface area contributed by atoms with Crippen LogP contribution in [0.25, 0.3) is 22.8 Å². The summed E-state index contributed by atoms with van der Waals surface area (Å²) < 4.78 is 6.66. The second-order valence-corrected chi connectivity index (χ2v) is 6.96. The summed E-state index contributed by atoms with van der Waals surface area (Å²) in [4.78, 5) is 29.7. The molecule has 0 aliphatic heterocycles. The molecule has 7 heteroatoms. The van der Waals surface area contributed by atoms with Gasteiger partial charge in [-0.1, -0.05) is 47.6 Å². The molecule has 0 aliphatic rings. The molecule has 0 atom stereocenters. The lowest BCUT2D eigenvalue weighted by molar-refractivity contribution is -0.116. The summed E-state index contributed by atoms with van der Waals surface area (Å²) in [5.41, 5.74) is 3.36. The van der Waals surface area contributed by atoms with Crippen LogP contribution in [0, 0.1) is 13.8 Å². The van der Waals surface area contributed by atoms with Gasteiger partial charge in [0, 0.05) is 17.4 Å². The Bertz CT molecular complexity index is 1270. The van der Waals surface area contributed by atoms with Gasteiger partial charge < -0.3 is 14.4 Å². The normalized spacial score (nSPS) is 10.7. The van der Waals surface area contributed by atoms with E-state index in [4.69, 9.17) is 4.52 Å². The van der Waals surface area contributed by atoms with Gasteiger partial charge in [0.25, 0.3) is 11.4 Å². The number of para-hydroxylation sites is 1. The number of anilines is 1. The molecule has 2 heterocycles. The maximum Gasteiger partial charge on any atom is 0.263 e. The fraction of sp³-hybridized carbons (Fsp3) is 0.130. The van der Waals surface area contributed by atoms with Crippen molar-refractivity contribution in [1.29, 1.82) is 0 Å². The van der Waals surface area contributed by atoms with Crippen LogP contribution in [0.15, 0.2) is 76.2 Å². The first-order chi connectivity index (χ1) is 14.5. The second-order valence-electron chi connectivity index (χ2n) is 6.96. The summed E-state index contributed by atoms with van der Waals surface area (Å²) in [5.74, 6) is 0.233. The van der Waals surface area contributed by atoms with E-state index in [0.29, 0.717) is 11.5 Å². The summed E-state index contributed by atoms with van der Waals surface area (Å²) in [6.45, 7) is 3.73. The molecule has 0 unspecified atom stereocenters. The minimum absolute atomic E-state index is 0.118. The lowest BCUT2D eigenvalue weighted by Crippen LogP contribution is -2.28. The molecular weight excluding hydrogens is 380 g/mol. The number of amides is 1. The number of hydrogen-bond acceptors (Lipinski definition) is 5. The minimum Gasteiger partial charge on any atom is -0.333 e. The average molecular weight is 400 g/mol. The highest BCUT2D eigenvalue weighted by Crippen LogP contribution is 2.22. The highest BCUT2D eigenvalue weighted by molar-refractivity contribution is 5.91. The Hall–Kier alpha value is -4.00. The van der Waals surface area contributed by atoms with Crippen molar-refractivity contribution in [2.75, 3.05) is 5.32 Å². The quantitative estimate of drug-likeness (QED) is 0.550. The minimum atomic E-state index is -0.377. The number of aromatic nitrogens is 3. The molecule has 0 bridgehead atoms. The van der Waals surface area contributed by atoms with Crippen molar-refractivity contribution in [1.82, 2.24) is 14.7 Å². The zero-order valence-electron chi connectivity index (χ0n) is 16.6. The van der Waals surface area contributed by atoms with E-state index in [1.165, 1.54) is 4.57 Å². The van der Waals surface area contributed by atoms with Crippen LogP contribution in [0.4, 0.5) is 5.69 Å². The molecule has 0 spiro atoms. The van der Waals surface area contributed by atoms with Crippen molar-refractivity contribution in [3.8, 4) is 22.8 Å². The first kappa shape index (κ1) is 19.3. The van der Waals surface area contributed by atoms with Crippen molar-refractivity contribution in [3.05, 3.63) is 88.3 Å². The maximum atomic E-state index is 12.9. The second kappa shape index (κ2) is 8.16. The zero-order valence-corrected chi connectivity index (χ0v) is 16.6. The van der Waals surface area contributed by atoms with Gasteiger partial charge in [0.1, 0.15) is 12.1 Å². The number of rotatable bonds is 5.